The first-order valence-corrected chi connectivity index (χ1v) is 11.4. The van der Waals surface area contributed by atoms with Gasteiger partial charge in [0.1, 0.15) is 11.2 Å². The van der Waals surface area contributed by atoms with Crippen LogP contribution in [0.3, 0.4) is 0 Å². The number of aliphatic carboxylic acids is 1. The minimum absolute atomic E-state index is 0.443. The van der Waals surface area contributed by atoms with Gasteiger partial charge in [0.05, 0.1) is 11.0 Å². The third-order valence-electron chi connectivity index (χ3n) is 6.84. The number of imidazole rings is 1. The monoisotopic (exact) mass is 452 g/mol. The number of hydrogen-bond acceptors (Lipinski definition) is 2. The summed E-state index contributed by atoms with van der Waals surface area (Å²) in [6.07, 6.45) is 7.93. The molecule has 150 valence electrons. The predicted octanol–water partition coefficient (Wildman–Crippen LogP) is 6.16. The summed E-state index contributed by atoms with van der Waals surface area (Å²) in [7, 11) is 0. The Morgan fingerprint density at radius 3 is 2.66 bits per heavy atom. The maximum absolute atomic E-state index is 12.9. The number of nitrogens with zero attached hydrogens (tertiary/aromatic N) is 2. The van der Waals surface area contributed by atoms with Gasteiger partial charge in [0.25, 0.3) is 0 Å². The summed E-state index contributed by atoms with van der Waals surface area (Å²) in [5.74, 6) is 0.618. The molecule has 29 heavy (non-hydrogen) atoms. The van der Waals surface area contributed by atoms with Crippen LogP contribution >= 0.6 is 15.9 Å². The van der Waals surface area contributed by atoms with Crippen LogP contribution < -0.4 is 0 Å². The van der Waals surface area contributed by atoms with Crippen LogP contribution in [0, 0.1) is 5.92 Å². The maximum atomic E-state index is 12.9. The van der Waals surface area contributed by atoms with E-state index in [-0.39, 0.29) is 0 Å². The number of aromatic nitrogens is 2. The summed E-state index contributed by atoms with van der Waals surface area (Å²) in [6, 6.07) is 14.1. The van der Waals surface area contributed by atoms with Crippen molar-refractivity contribution in [2.45, 2.75) is 56.9 Å². The second kappa shape index (κ2) is 7.28. The fourth-order valence-corrected chi connectivity index (χ4v) is 5.77. The van der Waals surface area contributed by atoms with Gasteiger partial charge < -0.3 is 9.67 Å². The largest absolute Gasteiger partial charge is 0.481 e. The quantitative estimate of drug-likeness (QED) is 0.483. The van der Waals surface area contributed by atoms with Gasteiger partial charge in [-0.25, -0.2) is 4.98 Å². The number of hydrogen-bond donors (Lipinski definition) is 1. The number of carboxylic acid groups (broad SMARTS) is 1. The Labute approximate surface area is 179 Å². The Morgan fingerprint density at radius 2 is 1.90 bits per heavy atom. The van der Waals surface area contributed by atoms with Crippen molar-refractivity contribution in [1.82, 2.24) is 9.55 Å². The standard InChI is InChI=1S/C24H25BrN2O2/c25-17-11-12-18-19(13-17)24(23(28)29,14-16-7-3-1-2-4-8-16)15-27-21-10-6-5-9-20(21)26-22(18)27/h5-6,9-13,16H,1-4,7-8,14-15H2,(H,28,29). The SMILES string of the molecule is O=C(O)C1(CC2CCCCCC2)Cn2c(nc3ccccc32)-c2ccc(Br)cc21. The highest BCUT2D eigenvalue weighted by molar-refractivity contribution is 9.10. The summed E-state index contributed by atoms with van der Waals surface area (Å²) in [5, 5.41) is 10.6. The van der Waals surface area contributed by atoms with Gasteiger partial charge in [-0.3, -0.25) is 4.79 Å². The molecule has 1 saturated carbocycles. The first-order valence-electron chi connectivity index (χ1n) is 10.6. The molecule has 0 spiro atoms. The van der Waals surface area contributed by atoms with Crippen LogP contribution in [-0.4, -0.2) is 20.6 Å². The number of benzene rings is 2. The van der Waals surface area contributed by atoms with Gasteiger partial charge >= 0.3 is 5.97 Å². The smallest absolute Gasteiger partial charge is 0.315 e. The molecule has 1 N–H and O–H groups in total. The number of fused-ring (bicyclic) bond motifs is 5. The molecule has 2 heterocycles. The first kappa shape index (κ1) is 18.9. The van der Waals surface area contributed by atoms with E-state index in [4.69, 9.17) is 4.98 Å². The van der Waals surface area contributed by atoms with Crippen molar-refractivity contribution < 1.29 is 9.90 Å². The highest BCUT2D eigenvalue weighted by Crippen LogP contribution is 2.47. The van der Waals surface area contributed by atoms with Crippen molar-refractivity contribution in [3.8, 4) is 11.4 Å². The average molecular weight is 453 g/mol. The highest BCUT2D eigenvalue weighted by atomic mass is 79.9. The molecule has 0 amide bonds. The number of halogens is 1. The zero-order valence-corrected chi connectivity index (χ0v) is 18.0. The third kappa shape index (κ3) is 3.10. The Bertz CT molecular complexity index is 1080. The molecule has 2 aromatic carbocycles. The first-order chi connectivity index (χ1) is 14.1. The number of carbonyl (C=O) groups is 1. The maximum Gasteiger partial charge on any atom is 0.315 e. The molecular weight excluding hydrogens is 428 g/mol. The topological polar surface area (TPSA) is 55.1 Å². The van der Waals surface area contributed by atoms with E-state index in [9.17, 15) is 9.90 Å². The lowest BCUT2D eigenvalue weighted by atomic mass is 9.69. The summed E-state index contributed by atoms with van der Waals surface area (Å²) < 4.78 is 3.06. The fourth-order valence-electron chi connectivity index (χ4n) is 5.41. The lowest BCUT2D eigenvalue weighted by molar-refractivity contribution is -0.145. The van der Waals surface area contributed by atoms with Crippen molar-refractivity contribution in [2.75, 3.05) is 0 Å². The molecule has 1 aromatic heterocycles. The van der Waals surface area contributed by atoms with E-state index in [1.54, 1.807) is 0 Å². The second-order valence-corrected chi connectivity index (χ2v) is 9.56. The summed E-state index contributed by atoms with van der Waals surface area (Å²) in [5.41, 5.74) is 2.87. The van der Waals surface area contributed by atoms with Crippen LogP contribution in [0.2, 0.25) is 0 Å². The molecule has 0 saturated heterocycles. The molecule has 1 fully saturated rings. The molecular formula is C24H25BrN2O2. The van der Waals surface area contributed by atoms with Gasteiger partial charge in [-0.1, -0.05) is 66.6 Å². The van der Waals surface area contributed by atoms with Gasteiger partial charge in [-0.05, 0) is 48.2 Å². The van der Waals surface area contributed by atoms with E-state index in [0.717, 1.165) is 45.3 Å². The van der Waals surface area contributed by atoms with Crippen LogP contribution in [-0.2, 0) is 16.8 Å². The van der Waals surface area contributed by atoms with E-state index in [0.29, 0.717) is 18.9 Å². The van der Waals surface area contributed by atoms with Crippen LogP contribution in [0.15, 0.2) is 46.9 Å². The van der Waals surface area contributed by atoms with Crippen molar-refractivity contribution in [3.63, 3.8) is 0 Å². The van der Waals surface area contributed by atoms with Gasteiger partial charge in [0, 0.05) is 16.6 Å². The van der Waals surface area contributed by atoms with Gasteiger partial charge in [-0.2, -0.15) is 0 Å². The van der Waals surface area contributed by atoms with E-state index in [2.05, 4.69) is 20.5 Å². The Hall–Kier alpha value is -2.14. The molecule has 1 unspecified atom stereocenters. The van der Waals surface area contributed by atoms with E-state index < -0.39 is 11.4 Å². The Kier molecular flexibility index (Phi) is 4.73. The van der Waals surface area contributed by atoms with Gasteiger partial charge in [0.2, 0.25) is 0 Å². The summed E-state index contributed by atoms with van der Waals surface area (Å²) in [4.78, 5) is 17.8. The molecule has 2 aliphatic rings. The Morgan fingerprint density at radius 1 is 1.14 bits per heavy atom. The van der Waals surface area contributed by atoms with Crippen molar-refractivity contribution in [2.24, 2.45) is 5.92 Å². The van der Waals surface area contributed by atoms with E-state index >= 15 is 0 Å². The normalized spacial score (nSPS) is 22.1. The molecule has 5 heteroatoms. The predicted molar refractivity (Wildman–Crippen MR) is 118 cm³/mol. The number of para-hydroxylation sites is 2. The lowest BCUT2D eigenvalue weighted by Crippen LogP contribution is -2.44. The molecule has 4 nitrogen and oxygen atoms in total. The molecule has 5 rings (SSSR count). The minimum Gasteiger partial charge on any atom is -0.481 e. The summed E-state index contributed by atoms with van der Waals surface area (Å²) >= 11 is 3.58. The third-order valence-corrected chi connectivity index (χ3v) is 7.34. The lowest BCUT2D eigenvalue weighted by Gasteiger charge is -2.38. The fraction of sp³-hybridized carbons (Fsp3) is 0.417. The van der Waals surface area contributed by atoms with Crippen molar-refractivity contribution >= 4 is 32.9 Å². The van der Waals surface area contributed by atoms with E-state index in [1.807, 2.05) is 42.5 Å². The van der Waals surface area contributed by atoms with Crippen LogP contribution in [0.4, 0.5) is 0 Å². The zero-order chi connectivity index (χ0) is 20.0. The van der Waals surface area contributed by atoms with Crippen LogP contribution in [0.5, 0.6) is 0 Å². The van der Waals surface area contributed by atoms with Gasteiger partial charge in [0.15, 0.2) is 0 Å². The van der Waals surface area contributed by atoms with Crippen LogP contribution in [0.25, 0.3) is 22.4 Å². The molecule has 1 aliphatic carbocycles. The van der Waals surface area contributed by atoms with Crippen molar-refractivity contribution in [3.05, 3.63) is 52.5 Å². The van der Waals surface area contributed by atoms with Gasteiger partial charge in [-0.15, -0.1) is 0 Å². The second-order valence-electron chi connectivity index (χ2n) is 8.65. The molecule has 1 aliphatic heterocycles. The zero-order valence-electron chi connectivity index (χ0n) is 16.4. The number of carboxylic acids is 1. The summed E-state index contributed by atoms with van der Waals surface area (Å²) in [6.45, 7) is 0.443. The Balaban J connectivity index is 1.71. The molecule has 1 atom stereocenters. The highest BCUT2D eigenvalue weighted by Gasteiger charge is 2.48. The minimum atomic E-state index is -0.926. The number of rotatable bonds is 3. The average Bonchev–Trinajstić information content (AvgIpc) is 2.89. The molecule has 0 radical (unpaired) electrons. The van der Waals surface area contributed by atoms with Crippen LogP contribution in [0.1, 0.15) is 50.5 Å². The molecule has 3 aromatic rings. The molecule has 0 bridgehead atoms. The van der Waals surface area contributed by atoms with Crippen molar-refractivity contribution in [1.29, 1.82) is 0 Å². The van der Waals surface area contributed by atoms with E-state index in [1.165, 1.54) is 25.7 Å².